The van der Waals surface area contributed by atoms with Crippen molar-refractivity contribution in [2.75, 3.05) is 40.4 Å². The molecule has 0 heterocycles. The summed E-state index contributed by atoms with van der Waals surface area (Å²) >= 11 is 0. The number of methoxy groups -OCH3 is 1. The maximum atomic E-state index is 6.01. The summed E-state index contributed by atoms with van der Waals surface area (Å²) in [5, 5.41) is 0. The molecule has 3 nitrogen and oxygen atoms in total. The first-order valence-corrected chi connectivity index (χ1v) is 7.10. The van der Waals surface area contributed by atoms with Gasteiger partial charge in [-0.15, -0.1) is 0 Å². The van der Waals surface area contributed by atoms with Crippen LogP contribution in [-0.2, 0) is 4.74 Å². The number of rotatable bonds is 8. The molecule has 1 fully saturated rings. The van der Waals surface area contributed by atoms with E-state index in [1.807, 2.05) is 0 Å². The second-order valence-corrected chi connectivity index (χ2v) is 5.66. The van der Waals surface area contributed by atoms with Crippen LogP contribution in [0.15, 0.2) is 0 Å². The molecule has 0 atom stereocenters. The van der Waals surface area contributed by atoms with Crippen LogP contribution in [0.25, 0.3) is 0 Å². The van der Waals surface area contributed by atoms with E-state index in [0.29, 0.717) is 5.41 Å². The zero-order valence-electron chi connectivity index (χ0n) is 11.7. The summed E-state index contributed by atoms with van der Waals surface area (Å²) in [7, 11) is 3.98. The summed E-state index contributed by atoms with van der Waals surface area (Å²) in [5.41, 5.74) is 6.46. The molecular weight excluding hydrogens is 212 g/mol. The number of nitrogens with two attached hydrogens (primary N) is 1. The number of nitrogens with zero attached hydrogens (tertiary/aromatic N) is 1. The van der Waals surface area contributed by atoms with E-state index in [0.717, 1.165) is 26.1 Å². The van der Waals surface area contributed by atoms with Crippen LogP contribution < -0.4 is 5.73 Å². The molecule has 0 bridgehead atoms. The largest absolute Gasteiger partial charge is 0.385 e. The molecule has 0 amide bonds. The third-order valence-corrected chi connectivity index (χ3v) is 4.26. The highest BCUT2D eigenvalue weighted by Gasteiger charge is 2.30. The Morgan fingerprint density at radius 2 is 1.88 bits per heavy atom. The Bertz CT molecular complexity index is 191. The lowest BCUT2D eigenvalue weighted by molar-refractivity contribution is 0.145. The molecule has 0 spiro atoms. The van der Waals surface area contributed by atoms with Crippen molar-refractivity contribution < 1.29 is 4.74 Å². The summed E-state index contributed by atoms with van der Waals surface area (Å²) < 4.78 is 5.08. The lowest BCUT2D eigenvalue weighted by atomic mass is 9.72. The molecule has 17 heavy (non-hydrogen) atoms. The smallest absolute Gasteiger partial charge is 0.0474 e. The predicted molar refractivity (Wildman–Crippen MR) is 73.2 cm³/mol. The van der Waals surface area contributed by atoms with Crippen LogP contribution in [0.2, 0.25) is 0 Å². The van der Waals surface area contributed by atoms with Gasteiger partial charge in [0.15, 0.2) is 0 Å². The Balaban J connectivity index is 2.21. The number of hydrogen-bond acceptors (Lipinski definition) is 3. The van der Waals surface area contributed by atoms with Crippen molar-refractivity contribution in [3.05, 3.63) is 0 Å². The van der Waals surface area contributed by atoms with E-state index in [1.165, 1.54) is 45.1 Å². The molecule has 1 aliphatic rings. The average Bonchev–Trinajstić information content (AvgIpc) is 2.38. The van der Waals surface area contributed by atoms with Crippen LogP contribution in [0, 0.1) is 5.41 Å². The standard InChI is InChI=1S/C14H30N2O/c1-16(10-6-12-17-2)11-9-14(13-15)7-4-3-5-8-14/h3-13,15H2,1-2H3. The van der Waals surface area contributed by atoms with Crippen LogP contribution in [-0.4, -0.2) is 45.3 Å². The van der Waals surface area contributed by atoms with Gasteiger partial charge in [-0.1, -0.05) is 19.3 Å². The highest BCUT2D eigenvalue weighted by Crippen LogP contribution is 2.38. The van der Waals surface area contributed by atoms with E-state index in [2.05, 4.69) is 11.9 Å². The Hall–Kier alpha value is -0.120. The molecule has 1 aliphatic carbocycles. The molecule has 1 saturated carbocycles. The average molecular weight is 242 g/mol. The van der Waals surface area contributed by atoms with Crippen LogP contribution in [0.5, 0.6) is 0 Å². The minimum atomic E-state index is 0.452. The normalized spacial score (nSPS) is 19.8. The molecule has 0 aliphatic heterocycles. The fourth-order valence-electron chi connectivity index (χ4n) is 2.88. The molecule has 0 radical (unpaired) electrons. The zero-order chi connectivity index (χ0) is 12.6. The van der Waals surface area contributed by atoms with Crippen LogP contribution in [0.3, 0.4) is 0 Å². The van der Waals surface area contributed by atoms with Crippen molar-refractivity contribution in [2.45, 2.75) is 44.9 Å². The Kier molecular flexibility index (Phi) is 7.09. The summed E-state index contributed by atoms with van der Waals surface area (Å²) in [6.45, 7) is 4.06. The zero-order valence-corrected chi connectivity index (χ0v) is 11.7. The molecule has 0 unspecified atom stereocenters. The van der Waals surface area contributed by atoms with Gasteiger partial charge in [-0.3, -0.25) is 0 Å². The molecule has 2 N–H and O–H groups in total. The van der Waals surface area contributed by atoms with Crippen molar-refractivity contribution in [3.8, 4) is 0 Å². The van der Waals surface area contributed by atoms with Gasteiger partial charge in [-0.25, -0.2) is 0 Å². The van der Waals surface area contributed by atoms with Crippen molar-refractivity contribution in [1.82, 2.24) is 4.90 Å². The van der Waals surface area contributed by atoms with Crippen molar-refractivity contribution in [2.24, 2.45) is 11.1 Å². The topological polar surface area (TPSA) is 38.5 Å². The van der Waals surface area contributed by atoms with Crippen molar-refractivity contribution >= 4 is 0 Å². The first kappa shape index (κ1) is 14.9. The summed E-state index contributed by atoms with van der Waals surface area (Å²) in [6.07, 6.45) is 9.25. The highest BCUT2D eigenvalue weighted by atomic mass is 16.5. The first-order chi connectivity index (χ1) is 8.22. The number of ether oxygens (including phenoxy) is 1. The van der Waals surface area contributed by atoms with Crippen molar-refractivity contribution in [1.29, 1.82) is 0 Å². The summed E-state index contributed by atoms with van der Waals surface area (Å²) in [4.78, 5) is 2.42. The lowest BCUT2D eigenvalue weighted by Crippen LogP contribution is -2.36. The van der Waals surface area contributed by atoms with Gasteiger partial charge in [-0.2, -0.15) is 0 Å². The molecule has 1 rings (SSSR count). The molecule has 0 saturated heterocycles. The predicted octanol–water partition coefficient (Wildman–Crippen LogP) is 2.25. The fourth-order valence-corrected chi connectivity index (χ4v) is 2.88. The van der Waals surface area contributed by atoms with Crippen LogP contribution in [0.4, 0.5) is 0 Å². The van der Waals surface area contributed by atoms with E-state index >= 15 is 0 Å². The van der Waals surface area contributed by atoms with Gasteiger partial charge in [0, 0.05) is 20.3 Å². The first-order valence-electron chi connectivity index (χ1n) is 7.10. The van der Waals surface area contributed by atoms with E-state index in [4.69, 9.17) is 10.5 Å². The minimum absolute atomic E-state index is 0.452. The molecule has 0 aromatic carbocycles. The maximum absolute atomic E-state index is 6.01. The SMILES string of the molecule is COCCCN(C)CCC1(CN)CCCCC1. The molecule has 0 aromatic rings. The summed E-state index contributed by atoms with van der Waals surface area (Å²) in [5.74, 6) is 0. The van der Waals surface area contributed by atoms with Crippen molar-refractivity contribution in [3.63, 3.8) is 0 Å². The van der Waals surface area contributed by atoms with Gasteiger partial charge in [0.25, 0.3) is 0 Å². The fraction of sp³-hybridized carbons (Fsp3) is 1.00. The second kappa shape index (κ2) is 8.06. The maximum Gasteiger partial charge on any atom is 0.0474 e. The molecule has 0 aromatic heterocycles. The van der Waals surface area contributed by atoms with E-state index in [-0.39, 0.29) is 0 Å². The van der Waals surface area contributed by atoms with E-state index in [9.17, 15) is 0 Å². The third-order valence-electron chi connectivity index (χ3n) is 4.26. The summed E-state index contributed by atoms with van der Waals surface area (Å²) in [6, 6.07) is 0. The van der Waals surface area contributed by atoms with Gasteiger partial charge in [-0.05, 0) is 51.2 Å². The Labute approximate surface area is 107 Å². The van der Waals surface area contributed by atoms with Gasteiger partial charge in [0.05, 0.1) is 0 Å². The van der Waals surface area contributed by atoms with Gasteiger partial charge in [0.2, 0.25) is 0 Å². The Morgan fingerprint density at radius 1 is 1.18 bits per heavy atom. The second-order valence-electron chi connectivity index (χ2n) is 5.66. The van der Waals surface area contributed by atoms with Gasteiger partial charge in [0.1, 0.15) is 0 Å². The molecular formula is C14H30N2O. The monoisotopic (exact) mass is 242 g/mol. The molecule has 3 heteroatoms. The van der Waals surface area contributed by atoms with E-state index in [1.54, 1.807) is 7.11 Å². The van der Waals surface area contributed by atoms with Gasteiger partial charge < -0.3 is 15.4 Å². The number of hydrogen-bond donors (Lipinski definition) is 1. The van der Waals surface area contributed by atoms with Crippen LogP contribution in [0.1, 0.15) is 44.9 Å². The lowest BCUT2D eigenvalue weighted by Gasteiger charge is -2.37. The Morgan fingerprint density at radius 3 is 2.47 bits per heavy atom. The van der Waals surface area contributed by atoms with E-state index < -0.39 is 0 Å². The quantitative estimate of drug-likeness (QED) is 0.664. The highest BCUT2D eigenvalue weighted by molar-refractivity contribution is 4.84. The van der Waals surface area contributed by atoms with Crippen LogP contribution >= 0.6 is 0 Å². The third kappa shape index (κ3) is 5.36. The molecule has 102 valence electrons. The van der Waals surface area contributed by atoms with Gasteiger partial charge >= 0.3 is 0 Å². The minimum Gasteiger partial charge on any atom is -0.385 e.